The number of hydrogen-bond acceptors (Lipinski definition) is 3. The predicted molar refractivity (Wildman–Crippen MR) is 32.1 cm³/mol. The van der Waals surface area contributed by atoms with Crippen LogP contribution in [0.1, 0.15) is 0 Å². The van der Waals surface area contributed by atoms with E-state index in [0.29, 0.717) is 0 Å². The van der Waals surface area contributed by atoms with Crippen molar-refractivity contribution in [1.82, 2.24) is 0 Å². The quantitative estimate of drug-likeness (QED) is 0.602. The first-order valence-corrected chi connectivity index (χ1v) is 3.22. The van der Waals surface area contributed by atoms with Crippen LogP contribution in [0.3, 0.4) is 0 Å². The van der Waals surface area contributed by atoms with E-state index in [-0.39, 0.29) is 0 Å². The van der Waals surface area contributed by atoms with E-state index in [1.54, 1.807) is 0 Å². The van der Waals surface area contributed by atoms with Gasteiger partial charge in [0.25, 0.3) is 0 Å². The average Bonchev–Trinajstić information content (AvgIpc) is 2.00. The molecule has 0 aliphatic rings. The van der Waals surface area contributed by atoms with Gasteiger partial charge in [0, 0.05) is 6.54 Å². The van der Waals surface area contributed by atoms with Crippen LogP contribution in [0.5, 0.6) is 0 Å². The molecule has 0 aromatic rings. The topological polar surface area (TPSA) is 66.5 Å². The summed E-state index contributed by atoms with van der Waals surface area (Å²) in [6.07, 6.45) is -9.34. The van der Waals surface area contributed by atoms with Crippen LogP contribution in [0, 0.1) is 0 Å². The van der Waals surface area contributed by atoms with Gasteiger partial charge in [0.1, 0.15) is 6.10 Å². The molecule has 3 nitrogen and oxygen atoms in total. The van der Waals surface area contributed by atoms with Crippen LogP contribution in [0.2, 0.25) is 0 Å². The van der Waals surface area contributed by atoms with E-state index in [1.807, 2.05) is 0 Å². The van der Waals surface area contributed by atoms with Gasteiger partial charge in [-0.15, -0.1) is 0 Å². The third-order valence-corrected chi connectivity index (χ3v) is 1.46. The number of rotatable bonds is 3. The Bertz CT molecular complexity index is 203. The van der Waals surface area contributed by atoms with Crippen LogP contribution in [0.4, 0.5) is 26.3 Å². The van der Waals surface area contributed by atoms with Crippen LogP contribution in [-0.2, 0) is 0 Å². The summed E-state index contributed by atoms with van der Waals surface area (Å²) in [5.74, 6) is -11.2. The minimum Gasteiger partial charge on any atom is -0.385 e. The lowest BCUT2D eigenvalue weighted by Crippen LogP contribution is -2.62. The van der Waals surface area contributed by atoms with Crippen LogP contribution in [0.25, 0.3) is 0 Å². The Kier molecular flexibility index (Phi) is 3.42. The molecule has 2 atom stereocenters. The maximum Gasteiger partial charge on any atom is 0.454 e. The lowest BCUT2D eigenvalue weighted by Gasteiger charge is -2.32. The maximum absolute atomic E-state index is 12.4. The first-order valence-electron chi connectivity index (χ1n) is 3.22. The highest BCUT2D eigenvalue weighted by molar-refractivity contribution is 4.95. The molecule has 14 heavy (non-hydrogen) atoms. The molecule has 0 saturated heterocycles. The van der Waals surface area contributed by atoms with Crippen molar-refractivity contribution in [2.45, 2.75) is 24.1 Å². The molecule has 0 aromatic carbocycles. The molecule has 0 amide bonds. The van der Waals surface area contributed by atoms with Gasteiger partial charge in [-0.25, -0.2) is 0 Å². The fraction of sp³-hybridized carbons (Fsp3) is 1.00. The van der Waals surface area contributed by atoms with Gasteiger partial charge < -0.3 is 15.9 Å². The monoisotopic (exact) mass is 227 g/mol. The number of alkyl halides is 6. The third-order valence-electron chi connectivity index (χ3n) is 1.46. The number of hydrogen-bond donors (Lipinski definition) is 3. The van der Waals surface area contributed by atoms with Gasteiger partial charge in [0.15, 0.2) is 0 Å². The normalized spacial score (nSPS) is 20.4. The third kappa shape index (κ3) is 1.93. The molecule has 86 valence electrons. The summed E-state index contributed by atoms with van der Waals surface area (Å²) < 4.78 is 71.8. The number of aliphatic hydroxyl groups is 2. The molecule has 0 aliphatic heterocycles. The second-order valence-corrected chi connectivity index (χ2v) is 2.49. The van der Waals surface area contributed by atoms with Crippen molar-refractivity contribution in [2.75, 3.05) is 6.54 Å². The van der Waals surface area contributed by atoms with E-state index < -0.39 is 30.6 Å². The molecule has 2 unspecified atom stereocenters. The van der Waals surface area contributed by atoms with Gasteiger partial charge in [-0.05, 0) is 0 Å². The highest BCUT2D eigenvalue weighted by atomic mass is 19.4. The van der Waals surface area contributed by atoms with Crippen molar-refractivity contribution >= 4 is 0 Å². The summed E-state index contributed by atoms with van der Waals surface area (Å²) in [6.45, 7) is -1.32. The molecule has 0 aliphatic carbocycles. The van der Waals surface area contributed by atoms with Crippen LogP contribution in [0.15, 0.2) is 0 Å². The fourth-order valence-electron chi connectivity index (χ4n) is 0.558. The largest absolute Gasteiger partial charge is 0.454 e. The van der Waals surface area contributed by atoms with Crippen molar-refractivity contribution < 1.29 is 36.6 Å². The van der Waals surface area contributed by atoms with Crippen molar-refractivity contribution in [3.8, 4) is 0 Å². The van der Waals surface area contributed by atoms with E-state index >= 15 is 0 Å². The lowest BCUT2D eigenvalue weighted by atomic mass is 10.0. The molecular weight excluding hydrogens is 220 g/mol. The van der Waals surface area contributed by atoms with E-state index in [2.05, 4.69) is 5.73 Å². The van der Waals surface area contributed by atoms with Gasteiger partial charge in [-0.2, -0.15) is 26.3 Å². The molecule has 0 radical (unpaired) electrons. The van der Waals surface area contributed by atoms with Crippen molar-refractivity contribution in [1.29, 1.82) is 0 Å². The molecule has 0 aromatic heterocycles. The number of aliphatic hydroxyl groups excluding tert-OH is 1. The van der Waals surface area contributed by atoms with Crippen LogP contribution in [-0.4, -0.2) is 40.8 Å². The smallest absolute Gasteiger partial charge is 0.385 e. The zero-order valence-electron chi connectivity index (χ0n) is 6.52. The van der Waals surface area contributed by atoms with Crippen molar-refractivity contribution in [3.63, 3.8) is 0 Å². The molecule has 4 N–H and O–H groups in total. The Balaban J connectivity index is 5.07. The Labute approximate surface area is 74.1 Å². The maximum atomic E-state index is 12.4. The highest BCUT2D eigenvalue weighted by Gasteiger charge is 2.73. The van der Waals surface area contributed by atoms with Gasteiger partial charge in [0.2, 0.25) is 0 Å². The van der Waals surface area contributed by atoms with E-state index in [9.17, 15) is 26.3 Å². The molecule has 9 heteroatoms. The zero-order valence-corrected chi connectivity index (χ0v) is 6.52. The summed E-state index contributed by atoms with van der Waals surface area (Å²) in [5, 5.41) is 16.2. The minimum absolute atomic E-state index is 1.32. The predicted octanol–water partition coefficient (Wildman–Crippen LogP) is 0.162. The van der Waals surface area contributed by atoms with Gasteiger partial charge in [0.05, 0.1) is 0 Å². The van der Waals surface area contributed by atoms with E-state index in [0.717, 1.165) is 0 Å². The molecule has 0 saturated carbocycles. The molecule has 0 rings (SSSR count). The van der Waals surface area contributed by atoms with Crippen molar-refractivity contribution in [2.24, 2.45) is 5.73 Å². The Hall–Kier alpha value is -0.540. The van der Waals surface area contributed by atoms with Crippen LogP contribution < -0.4 is 5.73 Å². The molecular formula is C5H7F6NO2. The second kappa shape index (κ2) is 3.55. The molecule has 0 bridgehead atoms. The minimum atomic E-state index is -6.22. The average molecular weight is 227 g/mol. The Morgan fingerprint density at radius 2 is 1.43 bits per heavy atom. The van der Waals surface area contributed by atoms with Gasteiger partial charge in [-0.1, -0.05) is 0 Å². The Morgan fingerprint density at radius 3 is 1.64 bits per heavy atom. The zero-order chi connectivity index (χ0) is 11.8. The molecule has 0 heterocycles. The first-order chi connectivity index (χ1) is 5.98. The Morgan fingerprint density at radius 1 is 1.07 bits per heavy atom. The SMILES string of the molecule is NCC(O)C(F)(F)C(O)(F)C(F)(F)F. The fourth-order valence-corrected chi connectivity index (χ4v) is 0.558. The highest BCUT2D eigenvalue weighted by Crippen LogP contribution is 2.44. The number of halogens is 6. The summed E-state index contributed by atoms with van der Waals surface area (Å²) in [5.41, 5.74) is 4.42. The van der Waals surface area contributed by atoms with Crippen LogP contribution >= 0.6 is 0 Å². The first kappa shape index (κ1) is 13.5. The van der Waals surface area contributed by atoms with Gasteiger partial charge >= 0.3 is 18.0 Å². The van der Waals surface area contributed by atoms with E-state index in [1.165, 1.54) is 0 Å². The second-order valence-electron chi connectivity index (χ2n) is 2.49. The van der Waals surface area contributed by atoms with Crippen molar-refractivity contribution in [3.05, 3.63) is 0 Å². The molecule has 0 spiro atoms. The molecule has 0 fully saturated rings. The number of nitrogens with two attached hydrogens (primary N) is 1. The summed E-state index contributed by atoms with van der Waals surface area (Å²) in [6, 6.07) is 0. The summed E-state index contributed by atoms with van der Waals surface area (Å²) in [4.78, 5) is 0. The summed E-state index contributed by atoms with van der Waals surface area (Å²) in [7, 11) is 0. The standard InChI is InChI=1S/C5H7F6NO2/c6-3(7,2(13)1-12)4(8,14)5(9,10)11/h2,13-14H,1,12H2. The summed E-state index contributed by atoms with van der Waals surface area (Å²) >= 11 is 0. The van der Waals surface area contributed by atoms with E-state index in [4.69, 9.17) is 10.2 Å². The van der Waals surface area contributed by atoms with Gasteiger partial charge in [-0.3, -0.25) is 0 Å². The lowest BCUT2D eigenvalue weighted by molar-refractivity contribution is -0.398.